The van der Waals surface area contributed by atoms with Gasteiger partial charge in [0.1, 0.15) is 11.6 Å². The highest BCUT2D eigenvalue weighted by atomic mass is 79.9. The minimum absolute atomic E-state index is 0.0350. The van der Waals surface area contributed by atoms with Gasteiger partial charge in [0.15, 0.2) is 10.3 Å². The van der Waals surface area contributed by atoms with E-state index in [1.165, 1.54) is 6.07 Å². The monoisotopic (exact) mass is 375 g/mol. The van der Waals surface area contributed by atoms with E-state index in [2.05, 4.69) is 36.5 Å². The third-order valence-corrected chi connectivity index (χ3v) is 3.25. The van der Waals surface area contributed by atoms with Crippen LogP contribution in [0.4, 0.5) is 19.0 Å². The van der Waals surface area contributed by atoms with E-state index < -0.39 is 12.0 Å². The Labute approximate surface area is 130 Å². The van der Waals surface area contributed by atoms with Gasteiger partial charge in [-0.3, -0.25) is 0 Å². The molecule has 22 heavy (non-hydrogen) atoms. The van der Waals surface area contributed by atoms with E-state index in [0.717, 1.165) is 5.76 Å². The molecule has 116 valence electrons. The van der Waals surface area contributed by atoms with Crippen molar-refractivity contribution in [1.82, 2.24) is 19.8 Å². The van der Waals surface area contributed by atoms with E-state index in [0.29, 0.717) is 28.0 Å². The molecule has 0 aromatic carbocycles. The number of hydrogen-bond acceptors (Lipinski definition) is 5. The lowest BCUT2D eigenvalue weighted by molar-refractivity contribution is -0.146. The molecule has 3 aromatic heterocycles. The molecule has 3 aromatic rings. The number of alkyl halides is 3. The Balaban J connectivity index is 1.74. The Kier molecular flexibility index (Phi) is 3.77. The van der Waals surface area contributed by atoms with Gasteiger partial charge in [0, 0.05) is 13.0 Å². The predicted molar refractivity (Wildman–Crippen MR) is 74.4 cm³/mol. The molecule has 0 aliphatic rings. The molecule has 6 nitrogen and oxygen atoms in total. The van der Waals surface area contributed by atoms with Gasteiger partial charge in [0.25, 0.3) is 5.82 Å². The Morgan fingerprint density at radius 1 is 1.18 bits per heavy atom. The van der Waals surface area contributed by atoms with Crippen molar-refractivity contribution in [3.63, 3.8) is 0 Å². The number of anilines is 1. The highest BCUT2D eigenvalue weighted by Gasteiger charge is 2.37. The van der Waals surface area contributed by atoms with Crippen LogP contribution >= 0.6 is 15.9 Å². The molecule has 1 N–H and O–H groups in total. The smallest absolute Gasteiger partial charge is 0.453 e. The van der Waals surface area contributed by atoms with Crippen LogP contribution in [0.25, 0.3) is 5.65 Å². The summed E-state index contributed by atoms with van der Waals surface area (Å²) in [5.74, 6) is -0.106. The second kappa shape index (κ2) is 5.59. The molecule has 3 heterocycles. The van der Waals surface area contributed by atoms with E-state index >= 15 is 0 Å². The average Bonchev–Trinajstić information content (AvgIpc) is 3.04. The van der Waals surface area contributed by atoms with Gasteiger partial charge in [-0.15, -0.1) is 15.3 Å². The van der Waals surface area contributed by atoms with Crippen LogP contribution in [0.3, 0.4) is 0 Å². The molecular formula is C12H9BrF3N5O. The standard InChI is InChI=1S/C12H9BrF3N5O/c13-8-2-1-7(22-8)5-6-17-9-3-4-10-18-19-11(12(14,15)16)21(10)20-9/h1-4H,5-6H2,(H,17,20). The minimum Gasteiger partial charge on any atom is -0.454 e. The van der Waals surface area contributed by atoms with Crippen molar-refractivity contribution >= 4 is 27.4 Å². The average molecular weight is 376 g/mol. The summed E-state index contributed by atoms with van der Waals surface area (Å²) in [6.07, 6.45) is -4.04. The van der Waals surface area contributed by atoms with Crippen LogP contribution in [0.1, 0.15) is 11.6 Å². The maximum atomic E-state index is 12.8. The van der Waals surface area contributed by atoms with Gasteiger partial charge in [-0.25, -0.2) is 0 Å². The van der Waals surface area contributed by atoms with E-state index in [-0.39, 0.29) is 5.65 Å². The van der Waals surface area contributed by atoms with Gasteiger partial charge in [-0.2, -0.15) is 17.7 Å². The van der Waals surface area contributed by atoms with Gasteiger partial charge in [-0.1, -0.05) is 0 Å². The number of halogens is 4. The summed E-state index contributed by atoms with van der Waals surface area (Å²) in [5.41, 5.74) is 0.0350. The lowest BCUT2D eigenvalue weighted by Gasteiger charge is -2.06. The fourth-order valence-electron chi connectivity index (χ4n) is 1.86. The highest BCUT2D eigenvalue weighted by Crippen LogP contribution is 2.27. The Hall–Kier alpha value is -2.10. The molecule has 0 saturated carbocycles. The van der Waals surface area contributed by atoms with Crippen molar-refractivity contribution in [3.05, 3.63) is 40.5 Å². The number of rotatable bonds is 4. The summed E-state index contributed by atoms with van der Waals surface area (Å²) in [4.78, 5) is 0. The molecule has 0 bridgehead atoms. The number of fused-ring (bicyclic) bond motifs is 1. The zero-order valence-corrected chi connectivity index (χ0v) is 12.5. The molecule has 10 heteroatoms. The summed E-state index contributed by atoms with van der Waals surface area (Å²) in [6, 6.07) is 6.54. The quantitative estimate of drug-likeness (QED) is 0.758. The molecule has 0 saturated heterocycles. The molecule has 0 aliphatic heterocycles. The normalized spacial score (nSPS) is 12.0. The fourth-order valence-corrected chi connectivity index (χ4v) is 2.20. The third kappa shape index (κ3) is 3.06. The van der Waals surface area contributed by atoms with Crippen molar-refractivity contribution in [2.24, 2.45) is 0 Å². The minimum atomic E-state index is -4.61. The third-order valence-electron chi connectivity index (χ3n) is 2.82. The zero-order chi connectivity index (χ0) is 15.7. The second-order valence-electron chi connectivity index (χ2n) is 4.39. The van der Waals surface area contributed by atoms with E-state index in [9.17, 15) is 13.2 Å². The van der Waals surface area contributed by atoms with Crippen LogP contribution in [0.15, 0.2) is 33.4 Å². The first-order valence-corrected chi connectivity index (χ1v) is 7.00. The summed E-state index contributed by atoms with van der Waals surface area (Å²) in [5, 5.41) is 13.3. The topological polar surface area (TPSA) is 68.2 Å². The predicted octanol–water partition coefficient (Wildman–Crippen LogP) is 3.15. The molecule has 0 amide bonds. The summed E-state index contributed by atoms with van der Waals surface area (Å²) < 4.78 is 44.9. The second-order valence-corrected chi connectivity index (χ2v) is 5.17. The van der Waals surface area contributed by atoms with Crippen molar-refractivity contribution in [1.29, 1.82) is 0 Å². The molecule has 0 unspecified atom stereocenters. The van der Waals surface area contributed by atoms with Crippen LogP contribution < -0.4 is 5.32 Å². The zero-order valence-electron chi connectivity index (χ0n) is 10.9. The Morgan fingerprint density at radius 3 is 2.68 bits per heavy atom. The SMILES string of the molecule is FC(F)(F)c1nnc2ccc(NCCc3ccc(Br)o3)nn12. The molecular weight excluding hydrogens is 367 g/mol. The molecule has 0 fully saturated rings. The van der Waals surface area contributed by atoms with Crippen LogP contribution in [0.5, 0.6) is 0 Å². The molecule has 3 rings (SSSR count). The lowest BCUT2D eigenvalue weighted by atomic mass is 10.3. The summed E-state index contributed by atoms with van der Waals surface area (Å²) in [6.45, 7) is 0.460. The van der Waals surface area contributed by atoms with Crippen LogP contribution in [0.2, 0.25) is 0 Å². The lowest BCUT2D eigenvalue weighted by Crippen LogP contribution is -2.14. The Morgan fingerprint density at radius 2 is 2.00 bits per heavy atom. The maximum absolute atomic E-state index is 12.8. The van der Waals surface area contributed by atoms with Gasteiger partial charge in [-0.05, 0) is 40.2 Å². The number of furan rings is 1. The van der Waals surface area contributed by atoms with E-state index in [1.807, 2.05) is 6.07 Å². The highest BCUT2D eigenvalue weighted by molar-refractivity contribution is 9.10. The van der Waals surface area contributed by atoms with Crippen LogP contribution in [-0.4, -0.2) is 26.4 Å². The van der Waals surface area contributed by atoms with Gasteiger partial charge < -0.3 is 9.73 Å². The molecule has 0 radical (unpaired) electrons. The molecule has 0 aliphatic carbocycles. The summed E-state index contributed by atoms with van der Waals surface area (Å²) in [7, 11) is 0. The van der Waals surface area contributed by atoms with Crippen LogP contribution in [0, 0.1) is 0 Å². The first-order valence-electron chi connectivity index (χ1n) is 6.21. The van der Waals surface area contributed by atoms with Crippen molar-refractivity contribution in [3.8, 4) is 0 Å². The van der Waals surface area contributed by atoms with Crippen molar-refractivity contribution < 1.29 is 17.6 Å². The van der Waals surface area contributed by atoms with Crippen molar-refractivity contribution in [2.45, 2.75) is 12.6 Å². The van der Waals surface area contributed by atoms with Gasteiger partial charge in [0.05, 0.1) is 0 Å². The number of nitrogens with one attached hydrogen (secondary N) is 1. The van der Waals surface area contributed by atoms with E-state index in [1.54, 1.807) is 12.1 Å². The van der Waals surface area contributed by atoms with Crippen molar-refractivity contribution in [2.75, 3.05) is 11.9 Å². The molecule has 0 spiro atoms. The molecule has 0 atom stereocenters. The van der Waals surface area contributed by atoms with E-state index in [4.69, 9.17) is 4.42 Å². The van der Waals surface area contributed by atoms with Gasteiger partial charge >= 0.3 is 6.18 Å². The first-order chi connectivity index (χ1) is 10.4. The first kappa shape index (κ1) is 14.8. The number of hydrogen-bond donors (Lipinski definition) is 1. The maximum Gasteiger partial charge on any atom is 0.453 e. The number of aromatic nitrogens is 4. The largest absolute Gasteiger partial charge is 0.454 e. The fraction of sp³-hybridized carbons (Fsp3) is 0.250. The van der Waals surface area contributed by atoms with Gasteiger partial charge in [0.2, 0.25) is 0 Å². The Bertz CT molecular complexity index is 798. The van der Waals surface area contributed by atoms with Crippen LogP contribution in [-0.2, 0) is 12.6 Å². The summed E-state index contributed by atoms with van der Waals surface area (Å²) >= 11 is 3.19. The number of nitrogens with zero attached hydrogens (tertiary/aromatic N) is 4.